The zero-order chi connectivity index (χ0) is 17.3. The fourth-order valence-corrected chi connectivity index (χ4v) is 2.90. The molecule has 4 nitrogen and oxygen atoms in total. The number of aryl methyl sites for hydroxylation is 1. The standard InChI is InChI=1S/C18H16Cl2N2O2/c1-10-17(13-9-12(19)5-6-14(13)20)22-18(21-10)11-4-7-15(23-2)16(8-11)24-3/h4-9H,1-3H3,(H,21,22). The minimum atomic E-state index is 0.605. The third kappa shape index (κ3) is 3.07. The van der Waals surface area contributed by atoms with Crippen LogP contribution >= 0.6 is 23.2 Å². The van der Waals surface area contributed by atoms with E-state index in [1.54, 1.807) is 26.4 Å². The van der Waals surface area contributed by atoms with Crippen LogP contribution in [0.4, 0.5) is 0 Å². The molecule has 0 amide bonds. The maximum atomic E-state index is 6.30. The first kappa shape index (κ1) is 16.7. The Morgan fingerprint density at radius 3 is 2.42 bits per heavy atom. The van der Waals surface area contributed by atoms with Crippen LogP contribution < -0.4 is 9.47 Å². The van der Waals surface area contributed by atoms with Gasteiger partial charge in [-0.2, -0.15) is 0 Å². The molecule has 0 bridgehead atoms. The molecule has 6 heteroatoms. The van der Waals surface area contributed by atoms with E-state index in [1.165, 1.54) is 0 Å². The lowest BCUT2D eigenvalue weighted by Crippen LogP contribution is -1.91. The Labute approximate surface area is 150 Å². The van der Waals surface area contributed by atoms with Gasteiger partial charge in [-0.05, 0) is 43.3 Å². The molecule has 1 aromatic heterocycles. The summed E-state index contributed by atoms with van der Waals surface area (Å²) in [7, 11) is 3.21. The van der Waals surface area contributed by atoms with Crippen molar-refractivity contribution in [1.82, 2.24) is 9.97 Å². The van der Waals surface area contributed by atoms with Gasteiger partial charge in [0.15, 0.2) is 11.5 Å². The summed E-state index contributed by atoms with van der Waals surface area (Å²) in [6.07, 6.45) is 0. The zero-order valence-electron chi connectivity index (χ0n) is 13.5. The molecule has 0 aliphatic carbocycles. The number of nitrogens with zero attached hydrogens (tertiary/aromatic N) is 1. The molecule has 1 N–H and O–H groups in total. The molecule has 1 heterocycles. The van der Waals surface area contributed by atoms with Gasteiger partial charge in [-0.3, -0.25) is 0 Å². The predicted octanol–water partition coefficient (Wildman–Crippen LogP) is 5.38. The van der Waals surface area contributed by atoms with Crippen molar-refractivity contribution in [2.24, 2.45) is 0 Å². The second kappa shape index (κ2) is 6.75. The number of imidazole rings is 1. The Balaban J connectivity index is 2.08. The van der Waals surface area contributed by atoms with E-state index in [1.807, 2.05) is 31.2 Å². The lowest BCUT2D eigenvalue weighted by Gasteiger charge is -2.08. The number of ether oxygens (including phenoxy) is 2. The topological polar surface area (TPSA) is 47.1 Å². The van der Waals surface area contributed by atoms with E-state index in [0.29, 0.717) is 21.5 Å². The maximum Gasteiger partial charge on any atom is 0.161 e. The fourth-order valence-electron chi connectivity index (χ4n) is 2.52. The molecule has 2 aromatic carbocycles. The van der Waals surface area contributed by atoms with Gasteiger partial charge < -0.3 is 14.5 Å². The van der Waals surface area contributed by atoms with E-state index in [4.69, 9.17) is 32.7 Å². The number of benzene rings is 2. The molecule has 24 heavy (non-hydrogen) atoms. The Hall–Kier alpha value is -2.17. The van der Waals surface area contributed by atoms with Crippen LogP contribution in [0.5, 0.6) is 11.5 Å². The van der Waals surface area contributed by atoms with Crippen LogP contribution in [0.1, 0.15) is 5.69 Å². The van der Waals surface area contributed by atoms with Gasteiger partial charge in [0.25, 0.3) is 0 Å². The van der Waals surface area contributed by atoms with E-state index in [-0.39, 0.29) is 0 Å². The van der Waals surface area contributed by atoms with Crippen LogP contribution in [-0.2, 0) is 0 Å². The summed E-state index contributed by atoms with van der Waals surface area (Å²) >= 11 is 12.4. The second-order valence-corrected chi connectivity index (χ2v) is 6.10. The third-order valence-electron chi connectivity index (χ3n) is 3.73. The Morgan fingerprint density at radius 1 is 0.958 bits per heavy atom. The van der Waals surface area contributed by atoms with Gasteiger partial charge in [0, 0.05) is 21.8 Å². The molecule has 0 radical (unpaired) electrons. The zero-order valence-corrected chi connectivity index (χ0v) is 15.0. The number of hydrogen-bond acceptors (Lipinski definition) is 3. The maximum absolute atomic E-state index is 6.30. The summed E-state index contributed by atoms with van der Waals surface area (Å²) in [6, 6.07) is 11.0. The van der Waals surface area contributed by atoms with Crippen LogP contribution in [0.3, 0.4) is 0 Å². The molecule has 0 fully saturated rings. The van der Waals surface area contributed by atoms with E-state index < -0.39 is 0 Å². The highest BCUT2D eigenvalue weighted by atomic mass is 35.5. The first-order chi connectivity index (χ1) is 11.5. The van der Waals surface area contributed by atoms with Gasteiger partial charge in [-0.25, -0.2) is 4.98 Å². The van der Waals surface area contributed by atoms with Gasteiger partial charge in [-0.1, -0.05) is 23.2 Å². The molecule has 0 saturated heterocycles. The van der Waals surface area contributed by atoms with Gasteiger partial charge in [0.1, 0.15) is 5.82 Å². The van der Waals surface area contributed by atoms with Crippen molar-refractivity contribution in [3.63, 3.8) is 0 Å². The van der Waals surface area contributed by atoms with E-state index >= 15 is 0 Å². The first-order valence-electron chi connectivity index (χ1n) is 7.28. The summed E-state index contributed by atoms with van der Waals surface area (Å²) in [5, 5.41) is 1.22. The molecule has 124 valence electrons. The average Bonchev–Trinajstić information content (AvgIpc) is 2.98. The van der Waals surface area contributed by atoms with Gasteiger partial charge >= 0.3 is 0 Å². The molecule has 0 aliphatic rings. The highest BCUT2D eigenvalue weighted by Gasteiger charge is 2.15. The van der Waals surface area contributed by atoms with Crippen molar-refractivity contribution in [3.05, 3.63) is 52.1 Å². The predicted molar refractivity (Wildman–Crippen MR) is 97.3 cm³/mol. The van der Waals surface area contributed by atoms with Crippen molar-refractivity contribution in [3.8, 4) is 34.1 Å². The van der Waals surface area contributed by atoms with Crippen LogP contribution in [0.2, 0.25) is 10.0 Å². The number of nitrogens with one attached hydrogen (secondary N) is 1. The minimum absolute atomic E-state index is 0.605. The monoisotopic (exact) mass is 362 g/mol. The summed E-state index contributed by atoms with van der Waals surface area (Å²) in [4.78, 5) is 7.97. The number of H-pyrrole nitrogens is 1. The number of hydrogen-bond donors (Lipinski definition) is 1. The summed E-state index contributed by atoms with van der Waals surface area (Å²) in [5.74, 6) is 2.04. The third-order valence-corrected chi connectivity index (χ3v) is 4.29. The number of halogens is 2. The number of aromatic nitrogens is 2. The van der Waals surface area contributed by atoms with Crippen molar-refractivity contribution >= 4 is 23.2 Å². The smallest absolute Gasteiger partial charge is 0.161 e. The lowest BCUT2D eigenvalue weighted by molar-refractivity contribution is 0.355. The summed E-state index contributed by atoms with van der Waals surface area (Å²) in [6.45, 7) is 1.95. The van der Waals surface area contributed by atoms with Gasteiger partial charge in [-0.15, -0.1) is 0 Å². The molecule has 0 spiro atoms. The van der Waals surface area contributed by atoms with Crippen LogP contribution in [0, 0.1) is 6.92 Å². The molecular weight excluding hydrogens is 347 g/mol. The normalized spacial score (nSPS) is 10.7. The highest BCUT2D eigenvalue weighted by Crippen LogP contribution is 2.35. The summed E-state index contributed by atoms with van der Waals surface area (Å²) < 4.78 is 10.6. The van der Waals surface area contributed by atoms with Crippen molar-refractivity contribution in [1.29, 1.82) is 0 Å². The Kier molecular flexibility index (Phi) is 4.69. The molecule has 3 aromatic rings. The van der Waals surface area contributed by atoms with Crippen molar-refractivity contribution in [2.45, 2.75) is 6.92 Å². The van der Waals surface area contributed by atoms with Crippen LogP contribution in [0.25, 0.3) is 22.6 Å². The molecule has 0 aliphatic heterocycles. The molecule has 0 atom stereocenters. The van der Waals surface area contributed by atoms with Crippen LogP contribution in [0.15, 0.2) is 36.4 Å². The quantitative estimate of drug-likeness (QED) is 0.677. The number of rotatable bonds is 4. The van der Waals surface area contributed by atoms with Crippen molar-refractivity contribution < 1.29 is 9.47 Å². The largest absolute Gasteiger partial charge is 0.493 e. The van der Waals surface area contributed by atoms with Gasteiger partial charge in [0.2, 0.25) is 0 Å². The van der Waals surface area contributed by atoms with Gasteiger partial charge in [0.05, 0.1) is 24.9 Å². The molecule has 0 unspecified atom stereocenters. The Bertz CT molecular complexity index is 891. The first-order valence-corrected chi connectivity index (χ1v) is 8.03. The second-order valence-electron chi connectivity index (χ2n) is 5.25. The number of aromatic amines is 1. The molecule has 0 saturated carbocycles. The molecule has 3 rings (SSSR count). The molecular formula is C18H16Cl2N2O2. The summed E-state index contributed by atoms with van der Waals surface area (Å²) in [5.41, 5.74) is 3.36. The Morgan fingerprint density at radius 2 is 1.71 bits per heavy atom. The van der Waals surface area contributed by atoms with E-state index in [0.717, 1.165) is 28.3 Å². The van der Waals surface area contributed by atoms with Crippen molar-refractivity contribution in [2.75, 3.05) is 14.2 Å². The fraction of sp³-hybridized carbons (Fsp3) is 0.167. The van der Waals surface area contributed by atoms with E-state index in [2.05, 4.69) is 9.97 Å². The number of methoxy groups -OCH3 is 2. The minimum Gasteiger partial charge on any atom is -0.493 e. The SMILES string of the molecule is COc1ccc(-c2nc(-c3cc(Cl)ccc3Cl)c(C)[nH]2)cc1OC. The lowest BCUT2D eigenvalue weighted by atomic mass is 10.1. The van der Waals surface area contributed by atoms with E-state index in [9.17, 15) is 0 Å². The highest BCUT2D eigenvalue weighted by molar-refractivity contribution is 6.35. The average molecular weight is 363 g/mol. The van der Waals surface area contributed by atoms with Crippen LogP contribution in [-0.4, -0.2) is 24.2 Å².